The van der Waals surface area contributed by atoms with E-state index in [1.807, 2.05) is 56.3 Å². The summed E-state index contributed by atoms with van der Waals surface area (Å²) in [6, 6.07) is 15.8. The fraction of sp³-hybridized carbons (Fsp3) is 0.320. The zero-order valence-corrected chi connectivity index (χ0v) is 18.0. The first-order chi connectivity index (χ1) is 13.8. The van der Waals surface area contributed by atoms with Crippen molar-refractivity contribution in [2.75, 3.05) is 14.2 Å². The third-order valence-corrected chi connectivity index (χ3v) is 5.37. The predicted octanol–water partition coefficient (Wildman–Crippen LogP) is 5.78. The molecule has 0 fully saturated rings. The van der Waals surface area contributed by atoms with Gasteiger partial charge in [0.1, 0.15) is 11.5 Å². The summed E-state index contributed by atoms with van der Waals surface area (Å²) >= 11 is 0. The first-order valence-corrected chi connectivity index (χ1v) is 9.91. The zero-order chi connectivity index (χ0) is 21.1. The second-order valence-corrected chi connectivity index (χ2v) is 7.70. The van der Waals surface area contributed by atoms with Crippen LogP contribution < -0.4 is 14.8 Å². The molecule has 1 atom stereocenters. The summed E-state index contributed by atoms with van der Waals surface area (Å²) in [6.45, 7) is 8.33. The molecule has 0 aliphatic rings. The van der Waals surface area contributed by atoms with Crippen LogP contribution in [0.3, 0.4) is 0 Å². The Kier molecular flexibility index (Phi) is 6.12. The van der Waals surface area contributed by atoms with Gasteiger partial charge in [-0.3, -0.25) is 4.79 Å². The van der Waals surface area contributed by atoms with Crippen molar-refractivity contribution in [3.05, 3.63) is 70.8 Å². The molecule has 29 heavy (non-hydrogen) atoms. The molecular weight excluding hydrogens is 362 g/mol. The number of hydrogen-bond donors (Lipinski definition) is 1. The van der Waals surface area contributed by atoms with Crippen LogP contribution in [0.15, 0.2) is 48.5 Å². The van der Waals surface area contributed by atoms with Crippen LogP contribution in [0.2, 0.25) is 0 Å². The fourth-order valence-corrected chi connectivity index (χ4v) is 3.73. The number of rotatable bonds is 6. The molecule has 0 aliphatic carbocycles. The van der Waals surface area contributed by atoms with Gasteiger partial charge in [-0.25, -0.2) is 0 Å². The minimum Gasteiger partial charge on any atom is -0.496 e. The van der Waals surface area contributed by atoms with Gasteiger partial charge in [-0.05, 0) is 71.5 Å². The topological polar surface area (TPSA) is 47.6 Å². The van der Waals surface area contributed by atoms with E-state index in [1.165, 1.54) is 0 Å². The van der Waals surface area contributed by atoms with Crippen molar-refractivity contribution in [3.8, 4) is 11.5 Å². The van der Waals surface area contributed by atoms with Crippen molar-refractivity contribution < 1.29 is 14.3 Å². The van der Waals surface area contributed by atoms with E-state index < -0.39 is 0 Å². The number of benzene rings is 3. The minimum absolute atomic E-state index is 0.151. The van der Waals surface area contributed by atoms with Crippen molar-refractivity contribution in [1.82, 2.24) is 5.32 Å². The molecule has 0 aliphatic heterocycles. The minimum atomic E-state index is -0.151. The van der Waals surface area contributed by atoms with Crippen LogP contribution >= 0.6 is 0 Å². The quantitative estimate of drug-likeness (QED) is 0.579. The summed E-state index contributed by atoms with van der Waals surface area (Å²) in [5.41, 5.74) is 3.85. The first-order valence-electron chi connectivity index (χ1n) is 9.91. The summed E-state index contributed by atoms with van der Waals surface area (Å²) in [4.78, 5) is 13.1. The Hall–Kier alpha value is -3.01. The predicted molar refractivity (Wildman–Crippen MR) is 118 cm³/mol. The van der Waals surface area contributed by atoms with Gasteiger partial charge in [0.05, 0.1) is 25.8 Å². The average Bonchev–Trinajstić information content (AvgIpc) is 2.71. The zero-order valence-electron chi connectivity index (χ0n) is 18.0. The van der Waals surface area contributed by atoms with Crippen molar-refractivity contribution in [3.63, 3.8) is 0 Å². The number of methoxy groups -OCH3 is 2. The lowest BCUT2D eigenvalue weighted by Gasteiger charge is -2.21. The van der Waals surface area contributed by atoms with Crippen molar-refractivity contribution in [2.24, 2.45) is 0 Å². The van der Waals surface area contributed by atoms with Crippen LogP contribution in [-0.4, -0.2) is 20.1 Å². The lowest BCUT2D eigenvalue weighted by atomic mass is 9.93. The SMILES string of the molecule is COc1cc2ccccc2cc1C(=O)N[C@H](C)c1cc(C(C)C)c(OC)cc1C. The molecular formula is C25H29NO3. The Labute approximate surface area is 172 Å². The number of aryl methyl sites for hydroxylation is 1. The molecule has 0 bridgehead atoms. The third kappa shape index (κ3) is 4.21. The lowest BCUT2D eigenvalue weighted by Crippen LogP contribution is -2.27. The largest absolute Gasteiger partial charge is 0.496 e. The molecule has 0 heterocycles. The Morgan fingerprint density at radius 1 is 0.862 bits per heavy atom. The summed E-state index contributed by atoms with van der Waals surface area (Å²) in [7, 11) is 3.28. The molecule has 1 N–H and O–H groups in total. The van der Waals surface area contributed by atoms with Gasteiger partial charge in [0.25, 0.3) is 5.91 Å². The molecule has 4 nitrogen and oxygen atoms in total. The third-order valence-electron chi connectivity index (χ3n) is 5.37. The van der Waals surface area contributed by atoms with E-state index in [1.54, 1.807) is 14.2 Å². The molecule has 3 aromatic carbocycles. The van der Waals surface area contributed by atoms with Gasteiger partial charge < -0.3 is 14.8 Å². The van der Waals surface area contributed by atoms with Gasteiger partial charge in [-0.2, -0.15) is 0 Å². The number of amides is 1. The summed E-state index contributed by atoms with van der Waals surface area (Å²) in [6.07, 6.45) is 0. The van der Waals surface area contributed by atoms with Gasteiger partial charge in [0.2, 0.25) is 0 Å². The molecule has 3 aromatic rings. The fourth-order valence-electron chi connectivity index (χ4n) is 3.73. The van der Waals surface area contributed by atoms with Crippen LogP contribution in [0.4, 0.5) is 0 Å². The molecule has 0 spiro atoms. The maximum absolute atomic E-state index is 13.1. The second-order valence-electron chi connectivity index (χ2n) is 7.70. The van der Waals surface area contributed by atoms with E-state index in [-0.39, 0.29) is 11.9 Å². The summed E-state index contributed by atoms with van der Waals surface area (Å²) in [5, 5.41) is 5.19. The van der Waals surface area contributed by atoms with Gasteiger partial charge in [0.15, 0.2) is 0 Å². The molecule has 0 unspecified atom stereocenters. The van der Waals surface area contributed by atoms with E-state index in [2.05, 4.69) is 25.2 Å². The van der Waals surface area contributed by atoms with Gasteiger partial charge in [-0.1, -0.05) is 38.1 Å². The number of nitrogens with one attached hydrogen (secondary N) is 1. The van der Waals surface area contributed by atoms with Crippen LogP contribution in [0.5, 0.6) is 11.5 Å². The molecule has 3 rings (SSSR count). The average molecular weight is 392 g/mol. The monoisotopic (exact) mass is 391 g/mol. The van der Waals surface area contributed by atoms with E-state index in [9.17, 15) is 4.79 Å². The number of hydrogen-bond acceptors (Lipinski definition) is 3. The maximum Gasteiger partial charge on any atom is 0.255 e. The molecule has 0 aromatic heterocycles. The van der Waals surface area contributed by atoms with Gasteiger partial charge >= 0.3 is 0 Å². The van der Waals surface area contributed by atoms with Crippen molar-refractivity contribution in [1.29, 1.82) is 0 Å². The Morgan fingerprint density at radius 2 is 1.48 bits per heavy atom. The highest BCUT2D eigenvalue weighted by Crippen LogP contribution is 2.32. The first kappa shape index (κ1) is 20.7. The lowest BCUT2D eigenvalue weighted by molar-refractivity contribution is 0.0937. The molecule has 1 amide bonds. The summed E-state index contributed by atoms with van der Waals surface area (Å²) in [5.74, 6) is 1.63. The van der Waals surface area contributed by atoms with Crippen molar-refractivity contribution in [2.45, 2.75) is 39.7 Å². The van der Waals surface area contributed by atoms with E-state index in [4.69, 9.17) is 9.47 Å². The maximum atomic E-state index is 13.1. The van der Waals surface area contributed by atoms with E-state index in [0.717, 1.165) is 33.2 Å². The van der Waals surface area contributed by atoms with Gasteiger partial charge in [0, 0.05) is 0 Å². The molecule has 152 valence electrons. The number of carbonyl (C=O) groups excluding carboxylic acids is 1. The van der Waals surface area contributed by atoms with E-state index >= 15 is 0 Å². The van der Waals surface area contributed by atoms with Gasteiger partial charge in [-0.15, -0.1) is 0 Å². The normalized spacial score (nSPS) is 12.1. The van der Waals surface area contributed by atoms with Crippen molar-refractivity contribution >= 4 is 16.7 Å². The second kappa shape index (κ2) is 8.56. The molecule has 4 heteroatoms. The summed E-state index contributed by atoms with van der Waals surface area (Å²) < 4.78 is 11.0. The molecule has 0 saturated carbocycles. The van der Waals surface area contributed by atoms with Crippen LogP contribution in [0.25, 0.3) is 10.8 Å². The highest BCUT2D eigenvalue weighted by atomic mass is 16.5. The smallest absolute Gasteiger partial charge is 0.255 e. The Bertz CT molecular complexity index is 1040. The molecule has 0 radical (unpaired) electrons. The van der Waals surface area contributed by atoms with Crippen LogP contribution in [0.1, 0.15) is 59.8 Å². The Balaban J connectivity index is 1.93. The van der Waals surface area contributed by atoms with Crippen LogP contribution in [0, 0.1) is 6.92 Å². The Morgan fingerprint density at radius 3 is 2.07 bits per heavy atom. The van der Waals surface area contributed by atoms with Crippen LogP contribution in [-0.2, 0) is 0 Å². The highest BCUT2D eigenvalue weighted by Gasteiger charge is 2.20. The molecule has 0 saturated heterocycles. The highest BCUT2D eigenvalue weighted by molar-refractivity contribution is 6.01. The number of carbonyl (C=O) groups is 1. The number of ether oxygens (including phenoxy) is 2. The standard InChI is InChI=1S/C25H29NO3/c1-15(2)20-14-21(16(3)11-23(20)28-5)17(4)26-25(27)22-12-18-9-7-8-10-19(18)13-24(22)29-6/h7-15,17H,1-6H3,(H,26,27)/t17-/m1/s1. The van der Waals surface area contributed by atoms with E-state index in [0.29, 0.717) is 17.2 Å². The number of fused-ring (bicyclic) bond motifs is 1.